The smallest absolute Gasteiger partial charge is 0.108 e. The van der Waals surface area contributed by atoms with Gasteiger partial charge in [-0.3, -0.25) is 5.26 Å². The maximum atomic E-state index is 8.79. The van der Waals surface area contributed by atoms with Gasteiger partial charge in [-0.1, -0.05) is 34.6 Å². The Morgan fingerprint density at radius 3 is 1.45 bits per heavy atom. The van der Waals surface area contributed by atoms with E-state index in [0.717, 1.165) is 0 Å². The van der Waals surface area contributed by atoms with Gasteiger partial charge in [-0.2, -0.15) is 0 Å². The third kappa shape index (κ3) is 1.94. The maximum Gasteiger partial charge on any atom is 0.108 e. The first-order valence-corrected chi connectivity index (χ1v) is 4.08. The molecule has 0 saturated heterocycles. The van der Waals surface area contributed by atoms with Crippen LogP contribution in [0.2, 0.25) is 0 Å². The summed E-state index contributed by atoms with van der Waals surface area (Å²) in [6.45, 7) is 12.2. The Hall–Kier alpha value is -0.0800. The number of hydrogen-bond donors (Lipinski definition) is 1. The lowest BCUT2D eigenvalue weighted by molar-refractivity contribution is -0.355. The first-order valence-electron chi connectivity index (χ1n) is 4.08. The Kier molecular flexibility index (Phi) is 3.09. The number of hydrogen-bond acceptors (Lipinski definition) is 2. The highest BCUT2D eigenvalue weighted by Crippen LogP contribution is 2.38. The molecule has 0 saturated carbocycles. The Bertz CT molecular complexity index is 124. The van der Waals surface area contributed by atoms with Gasteiger partial charge in [0.25, 0.3) is 0 Å². The van der Waals surface area contributed by atoms with Gasteiger partial charge >= 0.3 is 0 Å². The summed E-state index contributed by atoms with van der Waals surface area (Å²) in [5, 5.41) is 8.79. The fraction of sp³-hybridized carbons (Fsp3) is 1.00. The molecular weight excluding hydrogens is 140 g/mol. The summed E-state index contributed by atoms with van der Waals surface area (Å²) < 4.78 is 0. The summed E-state index contributed by atoms with van der Waals surface area (Å²) in [6, 6.07) is 0. The van der Waals surface area contributed by atoms with Crippen LogP contribution in [0.1, 0.15) is 41.5 Å². The first kappa shape index (κ1) is 10.9. The fourth-order valence-corrected chi connectivity index (χ4v) is 1.11. The SMILES string of the molecule is CC(C)C(C)(OO)C(C)(C)C. The van der Waals surface area contributed by atoms with Crippen LogP contribution in [0, 0.1) is 11.3 Å². The molecule has 0 aliphatic carbocycles. The van der Waals surface area contributed by atoms with Crippen LogP contribution < -0.4 is 0 Å². The van der Waals surface area contributed by atoms with Gasteiger partial charge in [-0.15, -0.1) is 0 Å². The van der Waals surface area contributed by atoms with Crippen molar-refractivity contribution in [3.63, 3.8) is 0 Å². The van der Waals surface area contributed by atoms with E-state index in [9.17, 15) is 0 Å². The van der Waals surface area contributed by atoms with E-state index in [2.05, 4.69) is 25.7 Å². The highest BCUT2D eigenvalue weighted by molar-refractivity contribution is 4.89. The minimum absolute atomic E-state index is 0.0457. The van der Waals surface area contributed by atoms with Crippen molar-refractivity contribution in [2.75, 3.05) is 0 Å². The molecule has 1 unspecified atom stereocenters. The molecular formula is C9H20O2. The summed E-state index contributed by atoms with van der Waals surface area (Å²) in [5.41, 5.74) is -0.511. The van der Waals surface area contributed by atoms with Crippen molar-refractivity contribution >= 4 is 0 Å². The van der Waals surface area contributed by atoms with Gasteiger partial charge in [0.05, 0.1) is 0 Å². The third-order valence-corrected chi connectivity index (χ3v) is 2.78. The van der Waals surface area contributed by atoms with E-state index in [4.69, 9.17) is 5.26 Å². The van der Waals surface area contributed by atoms with E-state index in [1.165, 1.54) is 0 Å². The minimum Gasteiger partial charge on any atom is -0.251 e. The molecule has 11 heavy (non-hydrogen) atoms. The van der Waals surface area contributed by atoms with E-state index in [1.54, 1.807) is 0 Å². The molecule has 0 spiro atoms. The molecule has 0 rings (SSSR count). The summed E-state index contributed by atoms with van der Waals surface area (Å²) >= 11 is 0. The minimum atomic E-state index is -0.465. The lowest BCUT2D eigenvalue weighted by Crippen LogP contribution is -2.46. The Labute approximate surface area is 69.5 Å². The van der Waals surface area contributed by atoms with Crippen molar-refractivity contribution in [3.8, 4) is 0 Å². The molecule has 0 aromatic rings. The summed E-state index contributed by atoms with van der Waals surface area (Å²) in [6.07, 6.45) is 0. The van der Waals surface area contributed by atoms with Gasteiger partial charge < -0.3 is 0 Å². The molecule has 0 radical (unpaired) electrons. The summed E-state index contributed by atoms with van der Waals surface area (Å²) in [7, 11) is 0. The lowest BCUT2D eigenvalue weighted by atomic mass is 9.71. The molecule has 0 fully saturated rings. The molecule has 0 aromatic heterocycles. The maximum absolute atomic E-state index is 8.79. The Balaban J connectivity index is 4.61. The highest BCUT2D eigenvalue weighted by atomic mass is 17.1. The molecule has 2 heteroatoms. The molecule has 0 amide bonds. The second-order valence-electron chi connectivity index (χ2n) is 4.60. The van der Waals surface area contributed by atoms with Crippen LogP contribution in [-0.4, -0.2) is 10.9 Å². The Morgan fingerprint density at radius 1 is 1.09 bits per heavy atom. The van der Waals surface area contributed by atoms with Gasteiger partial charge in [0.15, 0.2) is 0 Å². The molecule has 0 bridgehead atoms. The van der Waals surface area contributed by atoms with Gasteiger partial charge in [0.2, 0.25) is 0 Å². The second kappa shape index (κ2) is 3.11. The van der Waals surface area contributed by atoms with Crippen LogP contribution in [0.4, 0.5) is 0 Å². The van der Waals surface area contributed by atoms with Crippen molar-refractivity contribution in [1.29, 1.82) is 0 Å². The highest BCUT2D eigenvalue weighted by Gasteiger charge is 2.42. The van der Waals surface area contributed by atoms with Crippen molar-refractivity contribution in [1.82, 2.24) is 0 Å². The molecule has 1 N–H and O–H groups in total. The zero-order chi connectivity index (χ0) is 9.28. The molecule has 0 heterocycles. The fourth-order valence-electron chi connectivity index (χ4n) is 1.11. The zero-order valence-electron chi connectivity index (χ0n) is 8.43. The average molecular weight is 160 g/mol. The normalized spacial score (nSPS) is 18.5. The predicted molar refractivity (Wildman–Crippen MR) is 46.4 cm³/mol. The molecule has 0 aromatic carbocycles. The third-order valence-electron chi connectivity index (χ3n) is 2.78. The van der Waals surface area contributed by atoms with E-state index in [1.807, 2.05) is 20.8 Å². The van der Waals surface area contributed by atoms with Gasteiger partial charge in [-0.25, -0.2) is 4.89 Å². The van der Waals surface area contributed by atoms with E-state index in [0.29, 0.717) is 5.92 Å². The monoisotopic (exact) mass is 160 g/mol. The van der Waals surface area contributed by atoms with Crippen LogP contribution in [-0.2, 0) is 4.89 Å². The van der Waals surface area contributed by atoms with E-state index in [-0.39, 0.29) is 5.41 Å². The van der Waals surface area contributed by atoms with E-state index >= 15 is 0 Å². The standard InChI is InChI=1S/C9H20O2/c1-7(2)9(6,11-10)8(3,4)5/h7,10H,1-6H3. The summed E-state index contributed by atoms with van der Waals surface area (Å²) in [4.78, 5) is 4.56. The van der Waals surface area contributed by atoms with Crippen LogP contribution in [0.25, 0.3) is 0 Å². The van der Waals surface area contributed by atoms with Crippen LogP contribution in [0.15, 0.2) is 0 Å². The topological polar surface area (TPSA) is 29.5 Å². The molecule has 1 atom stereocenters. The van der Waals surface area contributed by atoms with Crippen LogP contribution >= 0.6 is 0 Å². The van der Waals surface area contributed by atoms with Crippen LogP contribution in [0.3, 0.4) is 0 Å². The van der Waals surface area contributed by atoms with Gasteiger partial charge in [0.1, 0.15) is 5.60 Å². The average Bonchev–Trinajstić information content (AvgIpc) is 1.83. The predicted octanol–water partition coefficient (Wildman–Crippen LogP) is 2.94. The first-order chi connectivity index (χ1) is 4.75. The van der Waals surface area contributed by atoms with Crippen molar-refractivity contribution in [2.45, 2.75) is 47.1 Å². The van der Waals surface area contributed by atoms with Crippen molar-refractivity contribution in [2.24, 2.45) is 11.3 Å². The number of rotatable bonds is 2. The van der Waals surface area contributed by atoms with E-state index < -0.39 is 5.60 Å². The van der Waals surface area contributed by atoms with Crippen molar-refractivity contribution < 1.29 is 10.1 Å². The summed E-state index contributed by atoms with van der Waals surface area (Å²) in [5.74, 6) is 0.299. The zero-order valence-corrected chi connectivity index (χ0v) is 8.43. The largest absolute Gasteiger partial charge is 0.251 e. The molecule has 2 nitrogen and oxygen atoms in total. The molecule has 0 aliphatic rings. The quantitative estimate of drug-likeness (QED) is 0.497. The Morgan fingerprint density at radius 2 is 1.45 bits per heavy atom. The lowest BCUT2D eigenvalue weighted by Gasteiger charge is -2.41. The second-order valence-corrected chi connectivity index (χ2v) is 4.60. The molecule has 0 aliphatic heterocycles. The van der Waals surface area contributed by atoms with Gasteiger partial charge in [-0.05, 0) is 18.3 Å². The molecule has 68 valence electrons. The van der Waals surface area contributed by atoms with Crippen LogP contribution in [0.5, 0.6) is 0 Å². The van der Waals surface area contributed by atoms with Gasteiger partial charge in [0, 0.05) is 0 Å². The van der Waals surface area contributed by atoms with Crippen molar-refractivity contribution in [3.05, 3.63) is 0 Å².